The number of carbonyl (C=O) groups is 2. The second kappa shape index (κ2) is 7.30. The topological polar surface area (TPSA) is 103 Å². The highest BCUT2D eigenvalue weighted by Gasteiger charge is 2.16. The van der Waals surface area contributed by atoms with Crippen molar-refractivity contribution in [3.8, 4) is 11.5 Å². The Kier molecular flexibility index (Phi) is 5.19. The standard InChI is InChI=1S/C15H17N3O5/c1-9-6-13(18-17-9)16-14(19)8-23-15(20)11-5-4-10(21-2)7-12(11)22-3/h4-7H,8H2,1-3H3,(H2,16,17,18,19). The van der Waals surface area contributed by atoms with E-state index in [1.807, 2.05) is 0 Å². The second-order valence-electron chi connectivity index (χ2n) is 4.63. The van der Waals surface area contributed by atoms with E-state index in [1.165, 1.54) is 20.3 Å². The number of esters is 1. The molecular weight excluding hydrogens is 302 g/mol. The molecule has 1 aromatic heterocycles. The van der Waals surface area contributed by atoms with Gasteiger partial charge in [0, 0.05) is 17.8 Å². The number of carbonyl (C=O) groups excluding carboxylic acids is 2. The maximum atomic E-state index is 12.0. The summed E-state index contributed by atoms with van der Waals surface area (Å²) in [5.74, 6) is 0.0588. The number of H-pyrrole nitrogens is 1. The summed E-state index contributed by atoms with van der Waals surface area (Å²) in [6.07, 6.45) is 0. The number of aromatic nitrogens is 2. The number of amides is 1. The minimum absolute atomic E-state index is 0.205. The average Bonchev–Trinajstić information content (AvgIpc) is 2.96. The van der Waals surface area contributed by atoms with Crippen LogP contribution in [0.25, 0.3) is 0 Å². The van der Waals surface area contributed by atoms with Crippen LogP contribution in [0.1, 0.15) is 16.1 Å². The van der Waals surface area contributed by atoms with Crippen LogP contribution in [0.15, 0.2) is 24.3 Å². The van der Waals surface area contributed by atoms with Crippen LogP contribution in [0.4, 0.5) is 5.82 Å². The van der Waals surface area contributed by atoms with Crippen LogP contribution < -0.4 is 14.8 Å². The minimum Gasteiger partial charge on any atom is -0.497 e. The van der Waals surface area contributed by atoms with Gasteiger partial charge in [-0.3, -0.25) is 9.89 Å². The predicted molar refractivity (Wildman–Crippen MR) is 81.8 cm³/mol. The minimum atomic E-state index is -0.669. The summed E-state index contributed by atoms with van der Waals surface area (Å²) in [5, 5.41) is 9.05. The molecule has 1 heterocycles. The molecule has 0 aliphatic heterocycles. The molecule has 1 amide bonds. The molecule has 8 heteroatoms. The Morgan fingerprint density at radius 2 is 2.00 bits per heavy atom. The van der Waals surface area contributed by atoms with Crippen LogP contribution >= 0.6 is 0 Å². The molecule has 2 N–H and O–H groups in total. The number of methoxy groups -OCH3 is 2. The molecule has 0 atom stereocenters. The summed E-state index contributed by atoms with van der Waals surface area (Å²) in [5.41, 5.74) is 1.01. The van der Waals surface area contributed by atoms with Crippen molar-refractivity contribution < 1.29 is 23.8 Å². The van der Waals surface area contributed by atoms with Crippen LogP contribution in [0, 0.1) is 6.92 Å². The van der Waals surface area contributed by atoms with Gasteiger partial charge in [-0.05, 0) is 19.1 Å². The first kappa shape index (κ1) is 16.3. The van der Waals surface area contributed by atoms with Crippen LogP contribution in [-0.2, 0) is 9.53 Å². The Bertz CT molecular complexity index is 711. The summed E-state index contributed by atoms with van der Waals surface area (Å²) >= 11 is 0. The summed E-state index contributed by atoms with van der Waals surface area (Å²) in [6, 6.07) is 6.33. The molecule has 2 rings (SSSR count). The van der Waals surface area contributed by atoms with E-state index in [1.54, 1.807) is 25.1 Å². The van der Waals surface area contributed by atoms with Crippen molar-refractivity contribution in [1.82, 2.24) is 10.2 Å². The predicted octanol–water partition coefficient (Wildman–Crippen LogP) is 1.53. The monoisotopic (exact) mass is 319 g/mol. The maximum Gasteiger partial charge on any atom is 0.342 e. The molecule has 0 spiro atoms. The maximum absolute atomic E-state index is 12.0. The highest BCUT2D eigenvalue weighted by molar-refractivity contribution is 5.96. The number of hydrogen-bond donors (Lipinski definition) is 2. The Morgan fingerprint density at radius 3 is 2.61 bits per heavy atom. The van der Waals surface area contributed by atoms with Gasteiger partial charge in [0.2, 0.25) is 0 Å². The van der Waals surface area contributed by atoms with E-state index in [-0.39, 0.29) is 5.56 Å². The van der Waals surface area contributed by atoms with E-state index in [0.29, 0.717) is 17.3 Å². The lowest BCUT2D eigenvalue weighted by atomic mass is 10.2. The number of nitrogens with zero attached hydrogens (tertiary/aromatic N) is 1. The van der Waals surface area contributed by atoms with Crippen molar-refractivity contribution in [2.45, 2.75) is 6.92 Å². The molecule has 0 bridgehead atoms. The van der Waals surface area contributed by atoms with Gasteiger partial charge in [0.05, 0.1) is 14.2 Å². The Hall–Kier alpha value is -3.03. The van der Waals surface area contributed by atoms with Crippen molar-refractivity contribution in [2.24, 2.45) is 0 Å². The highest BCUT2D eigenvalue weighted by Crippen LogP contribution is 2.25. The normalized spacial score (nSPS) is 10.0. The van der Waals surface area contributed by atoms with Crippen LogP contribution in [0.2, 0.25) is 0 Å². The van der Waals surface area contributed by atoms with Gasteiger partial charge in [-0.25, -0.2) is 4.79 Å². The molecule has 23 heavy (non-hydrogen) atoms. The smallest absolute Gasteiger partial charge is 0.342 e. The second-order valence-corrected chi connectivity index (χ2v) is 4.63. The van der Waals surface area contributed by atoms with E-state index >= 15 is 0 Å². The molecule has 0 aliphatic rings. The molecular formula is C15H17N3O5. The number of rotatable bonds is 6. The molecule has 0 unspecified atom stereocenters. The fourth-order valence-electron chi connectivity index (χ4n) is 1.84. The molecule has 2 aromatic rings. The third-order valence-electron chi connectivity index (χ3n) is 2.94. The quantitative estimate of drug-likeness (QED) is 0.783. The average molecular weight is 319 g/mol. The zero-order valence-corrected chi connectivity index (χ0v) is 13.0. The molecule has 0 radical (unpaired) electrons. The van der Waals surface area contributed by atoms with Crippen LogP contribution in [-0.4, -0.2) is 42.9 Å². The Labute approximate surface area is 132 Å². The van der Waals surface area contributed by atoms with Gasteiger partial charge in [-0.1, -0.05) is 0 Å². The van der Waals surface area contributed by atoms with Crippen molar-refractivity contribution in [1.29, 1.82) is 0 Å². The number of hydrogen-bond acceptors (Lipinski definition) is 6. The van der Waals surface area contributed by atoms with Crippen molar-refractivity contribution in [2.75, 3.05) is 26.1 Å². The van der Waals surface area contributed by atoms with E-state index in [9.17, 15) is 9.59 Å². The zero-order valence-electron chi connectivity index (χ0n) is 13.0. The Balaban J connectivity index is 1.95. The van der Waals surface area contributed by atoms with Gasteiger partial charge in [0.25, 0.3) is 5.91 Å². The Morgan fingerprint density at radius 1 is 1.22 bits per heavy atom. The van der Waals surface area contributed by atoms with Gasteiger partial charge in [0.1, 0.15) is 17.1 Å². The molecule has 0 saturated heterocycles. The van der Waals surface area contributed by atoms with Gasteiger partial charge in [-0.2, -0.15) is 5.10 Å². The SMILES string of the molecule is COc1ccc(C(=O)OCC(=O)Nc2cc(C)[nH]n2)c(OC)c1. The summed E-state index contributed by atoms with van der Waals surface area (Å²) in [7, 11) is 2.94. The lowest BCUT2D eigenvalue weighted by Crippen LogP contribution is -2.21. The lowest BCUT2D eigenvalue weighted by molar-refractivity contribution is -0.119. The number of aromatic amines is 1. The fraction of sp³-hybridized carbons (Fsp3) is 0.267. The number of ether oxygens (including phenoxy) is 3. The van der Waals surface area contributed by atoms with E-state index in [0.717, 1.165) is 5.69 Å². The molecule has 0 aliphatic carbocycles. The molecule has 122 valence electrons. The lowest BCUT2D eigenvalue weighted by Gasteiger charge is -2.10. The highest BCUT2D eigenvalue weighted by atomic mass is 16.5. The summed E-state index contributed by atoms with van der Waals surface area (Å²) in [6.45, 7) is 1.37. The van der Waals surface area contributed by atoms with Crippen LogP contribution in [0.3, 0.4) is 0 Å². The zero-order chi connectivity index (χ0) is 16.8. The van der Waals surface area contributed by atoms with Gasteiger partial charge in [0.15, 0.2) is 12.4 Å². The van der Waals surface area contributed by atoms with Gasteiger partial charge >= 0.3 is 5.97 Å². The van der Waals surface area contributed by atoms with E-state index in [4.69, 9.17) is 14.2 Å². The van der Waals surface area contributed by atoms with Gasteiger partial charge in [-0.15, -0.1) is 0 Å². The molecule has 0 fully saturated rings. The first-order valence-electron chi connectivity index (χ1n) is 6.74. The first-order chi connectivity index (χ1) is 11.0. The van der Waals surface area contributed by atoms with E-state index < -0.39 is 18.5 Å². The third kappa shape index (κ3) is 4.22. The van der Waals surface area contributed by atoms with Crippen molar-refractivity contribution in [3.05, 3.63) is 35.5 Å². The first-order valence-corrected chi connectivity index (χ1v) is 6.74. The number of anilines is 1. The van der Waals surface area contributed by atoms with Crippen molar-refractivity contribution >= 4 is 17.7 Å². The summed E-state index contributed by atoms with van der Waals surface area (Å²) in [4.78, 5) is 23.8. The number of nitrogens with one attached hydrogen (secondary N) is 2. The largest absolute Gasteiger partial charge is 0.497 e. The molecule has 0 saturated carbocycles. The van der Waals surface area contributed by atoms with Crippen molar-refractivity contribution in [3.63, 3.8) is 0 Å². The number of aryl methyl sites for hydroxylation is 1. The molecule has 8 nitrogen and oxygen atoms in total. The summed E-state index contributed by atoms with van der Waals surface area (Å²) < 4.78 is 15.1. The van der Waals surface area contributed by atoms with Crippen LogP contribution in [0.5, 0.6) is 11.5 Å². The molecule has 1 aromatic carbocycles. The van der Waals surface area contributed by atoms with Gasteiger partial charge < -0.3 is 19.5 Å². The number of benzene rings is 1. The third-order valence-corrected chi connectivity index (χ3v) is 2.94. The fourth-order valence-corrected chi connectivity index (χ4v) is 1.84. The van der Waals surface area contributed by atoms with E-state index in [2.05, 4.69) is 15.5 Å².